The molecule has 29 heavy (non-hydrogen) atoms. The molecule has 0 saturated heterocycles. The van der Waals surface area contributed by atoms with Gasteiger partial charge in [-0.25, -0.2) is 0 Å². The molecule has 6 heteroatoms. The van der Waals surface area contributed by atoms with E-state index in [4.69, 9.17) is 0 Å². The SMILES string of the molecule is O=C1c2cccc(/C=C/c3ccc(O)cc3)c2CN1c1ccc(C(F)(F)F)cc1. The average molecular weight is 395 g/mol. The van der Waals surface area contributed by atoms with Gasteiger partial charge in [-0.2, -0.15) is 13.2 Å². The third-order valence-corrected chi connectivity index (χ3v) is 4.86. The molecule has 1 amide bonds. The molecule has 1 aliphatic rings. The molecule has 3 nitrogen and oxygen atoms in total. The van der Waals surface area contributed by atoms with Gasteiger partial charge in [0.1, 0.15) is 5.75 Å². The molecule has 0 radical (unpaired) electrons. The van der Waals surface area contributed by atoms with Gasteiger partial charge in [0.15, 0.2) is 0 Å². The Morgan fingerprint density at radius 3 is 2.24 bits per heavy atom. The van der Waals surface area contributed by atoms with Crippen LogP contribution in [0, 0.1) is 0 Å². The number of aromatic hydroxyl groups is 1. The van der Waals surface area contributed by atoms with Crippen LogP contribution in [0.3, 0.4) is 0 Å². The molecule has 3 aromatic carbocycles. The van der Waals surface area contributed by atoms with E-state index in [0.717, 1.165) is 28.8 Å². The van der Waals surface area contributed by atoms with Gasteiger partial charge in [0.25, 0.3) is 5.91 Å². The molecule has 0 bridgehead atoms. The first kappa shape index (κ1) is 18.8. The molecule has 0 fully saturated rings. The van der Waals surface area contributed by atoms with Crippen LogP contribution in [-0.4, -0.2) is 11.0 Å². The summed E-state index contributed by atoms with van der Waals surface area (Å²) in [5, 5.41) is 9.37. The number of fused-ring (bicyclic) bond motifs is 1. The fourth-order valence-corrected chi connectivity index (χ4v) is 3.32. The van der Waals surface area contributed by atoms with E-state index in [2.05, 4.69) is 0 Å². The van der Waals surface area contributed by atoms with E-state index in [1.165, 1.54) is 17.0 Å². The summed E-state index contributed by atoms with van der Waals surface area (Å²) in [5.74, 6) is -0.0554. The molecular weight excluding hydrogens is 379 g/mol. The summed E-state index contributed by atoms with van der Waals surface area (Å²) in [7, 11) is 0. The van der Waals surface area contributed by atoms with E-state index in [1.54, 1.807) is 36.4 Å². The summed E-state index contributed by atoms with van der Waals surface area (Å²) in [4.78, 5) is 14.3. The Hall–Kier alpha value is -3.54. The minimum absolute atomic E-state index is 0.181. The summed E-state index contributed by atoms with van der Waals surface area (Å²) in [5.41, 5.74) is 2.79. The van der Waals surface area contributed by atoms with E-state index >= 15 is 0 Å². The van der Waals surface area contributed by atoms with Gasteiger partial charge in [-0.1, -0.05) is 36.4 Å². The van der Waals surface area contributed by atoms with Crippen LogP contribution in [0.4, 0.5) is 18.9 Å². The number of amides is 1. The van der Waals surface area contributed by atoms with Crippen molar-refractivity contribution in [1.29, 1.82) is 0 Å². The highest BCUT2D eigenvalue weighted by molar-refractivity contribution is 6.10. The highest BCUT2D eigenvalue weighted by Crippen LogP contribution is 2.34. The zero-order chi connectivity index (χ0) is 20.6. The van der Waals surface area contributed by atoms with Crippen molar-refractivity contribution in [3.05, 3.63) is 94.5 Å². The zero-order valence-corrected chi connectivity index (χ0v) is 15.1. The predicted octanol–water partition coefficient (Wildman–Crippen LogP) is 5.74. The van der Waals surface area contributed by atoms with Gasteiger partial charge in [-0.3, -0.25) is 4.79 Å². The summed E-state index contributed by atoms with van der Waals surface area (Å²) in [6.07, 6.45) is -0.655. The summed E-state index contributed by atoms with van der Waals surface area (Å²) < 4.78 is 38.4. The molecule has 146 valence electrons. The van der Waals surface area contributed by atoms with Gasteiger partial charge in [0.2, 0.25) is 0 Å². The number of phenolic OH excluding ortho intramolecular Hbond substituents is 1. The van der Waals surface area contributed by atoms with E-state index in [0.29, 0.717) is 11.3 Å². The van der Waals surface area contributed by atoms with Crippen molar-refractivity contribution in [2.45, 2.75) is 12.7 Å². The molecular formula is C23H16F3NO2. The molecule has 0 spiro atoms. The Morgan fingerprint density at radius 2 is 1.59 bits per heavy atom. The van der Waals surface area contributed by atoms with Crippen LogP contribution in [0.5, 0.6) is 5.75 Å². The summed E-state index contributed by atoms with van der Waals surface area (Å²) in [6, 6.07) is 16.7. The third kappa shape index (κ3) is 3.74. The fourth-order valence-electron chi connectivity index (χ4n) is 3.32. The minimum atomic E-state index is -4.41. The average Bonchev–Trinajstić information content (AvgIpc) is 3.04. The van der Waals surface area contributed by atoms with Crippen molar-refractivity contribution in [2.75, 3.05) is 4.90 Å². The molecule has 1 aliphatic heterocycles. The minimum Gasteiger partial charge on any atom is -0.508 e. The quantitative estimate of drug-likeness (QED) is 0.575. The molecule has 1 N–H and O–H groups in total. The second-order valence-electron chi connectivity index (χ2n) is 6.73. The maximum Gasteiger partial charge on any atom is 0.416 e. The number of carbonyl (C=O) groups excluding carboxylic acids is 1. The first-order valence-corrected chi connectivity index (χ1v) is 8.91. The lowest BCUT2D eigenvalue weighted by Gasteiger charge is -2.17. The molecule has 0 aromatic heterocycles. The molecule has 0 saturated carbocycles. The second kappa shape index (κ2) is 7.13. The molecule has 3 aromatic rings. The Bertz CT molecular complexity index is 1080. The molecule has 0 aliphatic carbocycles. The Morgan fingerprint density at radius 1 is 0.897 bits per heavy atom. The Kier molecular flexibility index (Phi) is 4.62. The van der Waals surface area contributed by atoms with Crippen LogP contribution >= 0.6 is 0 Å². The van der Waals surface area contributed by atoms with Gasteiger partial charge < -0.3 is 10.0 Å². The molecule has 4 rings (SSSR count). The van der Waals surface area contributed by atoms with E-state index in [9.17, 15) is 23.1 Å². The number of alkyl halides is 3. The number of hydrogen-bond acceptors (Lipinski definition) is 2. The summed E-state index contributed by atoms with van der Waals surface area (Å²) in [6.45, 7) is 0.287. The number of anilines is 1. The van der Waals surface area contributed by atoms with Crippen LogP contribution < -0.4 is 4.90 Å². The van der Waals surface area contributed by atoms with Gasteiger partial charge in [-0.05, 0) is 59.2 Å². The van der Waals surface area contributed by atoms with Crippen molar-refractivity contribution < 1.29 is 23.1 Å². The number of rotatable bonds is 3. The zero-order valence-electron chi connectivity index (χ0n) is 15.1. The lowest BCUT2D eigenvalue weighted by atomic mass is 10.0. The van der Waals surface area contributed by atoms with Crippen LogP contribution in [0.15, 0.2) is 66.7 Å². The van der Waals surface area contributed by atoms with Crippen LogP contribution in [0.1, 0.15) is 32.6 Å². The van der Waals surface area contributed by atoms with Crippen LogP contribution in [0.25, 0.3) is 12.2 Å². The monoisotopic (exact) mass is 395 g/mol. The van der Waals surface area contributed by atoms with Gasteiger partial charge in [0, 0.05) is 11.3 Å². The van der Waals surface area contributed by atoms with Crippen molar-refractivity contribution in [3.8, 4) is 5.75 Å². The summed E-state index contributed by atoms with van der Waals surface area (Å²) >= 11 is 0. The maximum absolute atomic E-state index is 12.8. The molecule has 0 unspecified atom stereocenters. The highest BCUT2D eigenvalue weighted by Gasteiger charge is 2.32. The Labute approximate surface area is 165 Å². The van der Waals surface area contributed by atoms with Crippen LogP contribution in [-0.2, 0) is 12.7 Å². The van der Waals surface area contributed by atoms with Gasteiger partial charge in [-0.15, -0.1) is 0 Å². The van der Waals surface area contributed by atoms with E-state index in [1.807, 2.05) is 18.2 Å². The fraction of sp³-hybridized carbons (Fsp3) is 0.0870. The maximum atomic E-state index is 12.8. The number of hydrogen-bond donors (Lipinski definition) is 1. The van der Waals surface area contributed by atoms with Crippen LogP contribution in [0.2, 0.25) is 0 Å². The third-order valence-electron chi connectivity index (χ3n) is 4.86. The number of benzene rings is 3. The van der Waals surface area contributed by atoms with Gasteiger partial charge >= 0.3 is 6.18 Å². The first-order valence-electron chi connectivity index (χ1n) is 8.91. The van der Waals surface area contributed by atoms with E-state index in [-0.39, 0.29) is 18.2 Å². The van der Waals surface area contributed by atoms with Crippen molar-refractivity contribution in [2.24, 2.45) is 0 Å². The lowest BCUT2D eigenvalue weighted by molar-refractivity contribution is -0.137. The largest absolute Gasteiger partial charge is 0.508 e. The lowest BCUT2D eigenvalue weighted by Crippen LogP contribution is -2.23. The van der Waals surface area contributed by atoms with Crippen molar-refractivity contribution in [3.63, 3.8) is 0 Å². The standard InChI is InChI=1S/C23H16F3NO2/c24-23(25,26)17-8-10-18(11-9-17)27-14-21-16(2-1-3-20(21)22(27)29)7-4-15-5-12-19(28)13-6-15/h1-13,28H,14H2/b7-4+. The van der Waals surface area contributed by atoms with Crippen molar-refractivity contribution >= 4 is 23.7 Å². The van der Waals surface area contributed by atoms with Gasteiger partial charge in [0.05, 0.1) is 12.1 Å². The second-order valence-corrected chi connectivity index (χ2v) is 6.73. The first-order chi connectivity index (χ1) is 13.8. The smallest absolute Gasteiger partial charge is 0.416 e. The highest BCUT2D eigenvalue weighted by atomic mass is 19.4. The topological polar surface area (TPSA) is 40.5 Å². The van der Waals surface area contributed by atoms with E-state index < -0.39 is 11.7 Å². The number of nitrogens with zero attached hydrogens (tertiary/aromatic N) is 1. The predicted molar refractivity (Wildman–Crippen MR) is 105 cm³/mol. The Balaban J connectivity index is 1.61. The number of carbonyl (C=O) groups is 1. The molecule has 0 atom stereocenters. The number of phenols is 1. The van der Waals surface area contributed by atoms with Crippen molar-refractivity contribution in [1.82, 2.24) is 0 Å². The molecule has 1 heterocycles. The normalized spacial score (nSPS) is 13.9. The number of halogens is 3.